The van der Waals surface area contributed by atoms with Crippen molar-refractivity contribution in [2.24, 2.45) is 5.92 Å². The average Bonchev–Trinajstić information content (AvgIpc) is 3.34. The molecule has 2 N–H and O–H groups in total. The second-order valence-electron chi connectivity index (χ2n) is 9.43. The molecule has 9 heteroatoms. The Morgan fingerprint density at radius 1 is 1.14 bits per heavy atom. The fourth-order valence-electron chi connectivity index (χ4n) is 5.08. The number of likely N-dealkylation sites (N-methyl/N-ethyl adjacent to an activating group) is 1. The van der Waals surface area contributed by atoms with Gasteiger partial charge in [-0.15, -0.1) is 11.3 Å². The number of piperazine rings is 1. The Morgan fingerprint density at radius 3 is 2.69 bits per heavy atom. The highest BCUT2D eigenvalue weighted by Gasteiger charge is 2.28. The fourth-order valence-corrected chi connectivity index (χ4v) is 5.99. The van der Waals surface area contributed by atoms with Gasteiger partial charge in [0.2, 0.25) is 11.9 Å². The maximum Gasteiger partial charge on any atom is 0.270 e. The van der Waals surface area contributed by atoms with E-state index in [0.29, 0.717) is 23.7 Å². The molecule has 0 spiro atoms. The van der Waals surface area contributed by atoms with E-state index in [1.54, 1.807) is 0 Å². The number of rotatable bonds is 7. The van der Waals surface area contributed by atoms with Crippen LogP contribution in [0.2, 0.25) is 0 Å². The first-order chi connectivity index (χ1) is 17.1. The van der Waals surface area contributed by atoms with Crippen molar-refractivity contribution in [1.29, 1.82) is 0 Å². The zero-order valence-electron chi connectivity index (χ0n) is 20.3. The molecular weight excluding hydrogens is 460 g/mol. The number of carbonyl (C=O) groups excluding carboxylic acids is 1. The Bertz CT molecular complexity index is 1200. The second-order valence-corrected chi connectivity index (χ2v) is 10.3. The van der Waals surface area contributed by atoms with E-state index in [1.165, 1.54) is 11.3 Å². The molecule has 2 aliphatic heterocycles. The highest BCUT2D eigenvalue weighted by molar-refractivity contribution is 7.17. The van der Waals surface area contributed by atoms with Crippen LogP contribution in [-0.4, -0.2) is 84.6 Å². The number of thiophene rings is 1. The molecule has 4 heterocycles. The number of piperidine rings is 1. The summed E-state index contributed by atoms with van der Waals surface area (Å²) >= 11 is 1.42. The largest absolute Gasteiger partial charge is 0.355 e. The van der Waals surface area contributed by atoms with Crippen LogP contribution >= 0.6 is 11.3 Å². The van der Waals surface area contributed by atoms with Gasteiger partial charge >= 0.3 is 0 Å². The van der Waals surface area contributed by atoms with Crippen molar-refractivity contribution in [2.75, 3.05) is 63.8 Å². The number of fused-ring (bicyclic) bond motifs is 1. The molecule has 0 unspecified atom stereocenters. The van der Waals surface area contributed by atoms with Crippen LogP contribution in [0, 0.1) is 5.92 Å². The van der Waals surface area contributed by atoms with Crippen molar-refractivity contribution in [1.82, 2.24) is 25.1 Å². The summed E-state index contributed by atoms with van der Waals surface area (Å²) in [6, 6.07) is 10.0. The molecule has 0 aliphatic carbocycles. The van der Waals surface area contributed by atoms with E-state index in [4.69, 9.17) is 4.98 Å². The minimum atomic E-state index is -0.119. The van der Waals surface area contributed by atoms with Crippen molar-refractivity contribution >= 4 is 33.4 Å². The Labute approximate surface area is 209 Å². The summed E-state index contributed by atoms with van der Waals surface area (Å²) in [6.45, 7) is 10.6. The highest BCUT2D eigenvalue weighted by Crippen LogP contribution is 2.32. The van der Waals surface area contributed by atoms with Crippen molar-refractivity contribution < 1.29 is 4.79 Å². The maximum absolute atomic E-state index is 12.9. The molecule has 0 radical (unpaired) electrons. The first-order valence-corrected chi connectivity index (χ1v) is 13.5. The normalized spacial score (nSPS) is 19.8. The van der Waals surface area contributed by atoms with Gasteiger partial charge in [0.25, 0.3) is 5.56 Å². The van der Waals surface area contributed by atoms with Gasteiger partial charge in [-0.2, -0.15) is 0 Å². The van der Waals surface area contributed by atoms with E-state index < -0.39 is 0 Å². The minimum absolute atomic E-state index is 0.0993. The van der Waals surface area contributed by atoms with Crippen LogP contribution in [0.3, 0.4) is 0 Å². The Hall–Kier alpha value is -2.75. The van der Waals surface area contributed by atoms with E-state index in [-0.39, 0.29) is 17.4 Å². The average molecular weight is 495 g/mol. The zero-order chi connectivity index (χ0) is 24.2. The molecule has 2 aromatic heterocycles. The molecule has 1 atom stereocenters. The lowest BCUT2D eigenvalue weighted by molar-refractivity contribution is -0.125. The molecule has 0 bridgehead atoms. The predicted molar refractivity (Wildman–Crippen MR) is 142 cm³/mol. The smallest absolute Gasteiger partial charge is 0.270 e. The quantitative estimate of drug-likeness (QED) is 0.525. The predicted octanol–water partition coefficient (Wildman–Crippen LogP) is 2.62. The van der Waals surface area contributed by atoms with Crippen LogP contribution in [-0.2, 0) is 4.79 Å². The number of anilines is 1. The molecule has 1 aromatic carbocycles. The Kier molecular flexibility index (Phi) is 7.46. The van der Waals surface area contributed by atoms with Crippen molar-refractivity contribution in [2.45, 2.75) is 19.8 Å². The molecule has 2 saturated heterocycles. The molecule has 3 aromatic rings. The molecular formula is C26H34N6O2S. The number of H-pyrrole nitrogens is 1. The number of benzene rings is 1. The van der Waals surface area contributed by atoms with Gasteiger partial charge in [0, 0.05) is 63.3 Å². The SMILES string of the molecule is CCN1CCN(CCNC(=O)[C@@H]2CCCN(c3nc4c(-c5ccccc5)csc4c(=O)[nH]3)C2)CC1. The fraction of sp³-hybridized carbons (Fsp3) is 0.500. The van der Waals surface area contributed by atoms with Gasteiger partial charge in [-0.3, -0.25) is 19.5 Å². The summed E-state index contributed by atoms with van der Waals surface area (Å²) in [6.07, 6.45) is 1.76. The number of nitrogens with zero attached hydrogens (tertiary/aromatic N) is 4. The van der Waals surface area contributed by atoms with Gasteiger partial charge in [0.1, 0.15) is 4.70 Å². The number of hydrogen-bond donors (Lipinski definition) is 2. The Balaban J connectivity index is 1.23. The molecule has 2 aliphatic rings. The number of hydrogen-bond acceptors (Lipinski definition) is 7. The summed E-state index contributed by atoms with van der Waals surface area (Å²) < 4.78 is 0.638. The molecule has 1 amide bonds. The van der Waals surface area contributed by atoms with Gasteiger partial charge < -0.3 is 15.1 Å². The van der Waals surface area contributed by atoms with Crippen LogP contribution in [0.15, 0.2) is 40.5 Å². The lowest BCUT2D eigenvalue weighted by atomic mass is 9.97. The van der Waals surface area contributed by atoms with Crippen LogP contribution in [0.4, 0.5) is 5.95 Å². The van der Waals surface area contributed by atoms with E-state index in [0.717, 1.165) is 75.3 Å². The van der Waals surface area contributed by atoms with Crippen molar-refractivity contribution in [3.63, 3.8) is 0 Å². The molecule has 2 fully saturated rings. The number of nitrogens with one attached hydrogen (secondary N) is 2. The molecule has 35 heavy (non-hydrogen) atoms. The molecule has 186 valence electrons. The second kappa shape index (κ2) is 10.9. The summed E-state index contributed by atoms with van der Waals surface area (Å²) in [4.78, 5) is 40.5. The maximum atomic E-state index is 12.9. The van der Waals surface area contributed by atoms with Crippen LogP contribution in [0.5, 0.6) is 0 Å². The molecule has 8 nitrogen and oxygen atoms in total. The van der Waals surface area contributed by atoms with Crippen molar-refractivity contribution in [3.8, 4) is 11.1 Å². The van der Waals surface area contributed by atoms with Gasteiger partial charge in [-0.25, -0.2) is 4.98 Å². The van der Waals surface area contributed by atoms with Crippen LogP contribution in [0.25, 0.3) is 21.3 Å². The lowest BCUT2D eigenvalue weighted by Crippen LogP contribution is -2.49. The lowest BCUT2D eigenvalue weighted by Gasteiger charge is -2.34. The summed E-state index contributed by atoms with van der Waals surface area (Å²) in [5, 5.41) is 5.15. The number of aromatic nitrogens is 2. The number of carbonyl (C=O) groups is 1. The molecule has 5 rings (SSSR count). The highest BCUT2D eigenvalue weighted by atomic mass is 32.1. The topological polar surface area (TPSA) is 84.6 Å². The third-order valence-electron chi connectivity index (χ3n) is 7.23. The first-order valence-electron chi connectivity index (χ1n) is 12.7. The minimum Gasteiger partial charge on any atom is -0.355 e. The van der Waals surface area contributed by atoms with Gasteiger partial charge in [-0.05, 0) is 24.9 Å². The summed E-state index contributed by atoms with van der Waals surface area (Å²) in [5.41, 5.74) is 2.64. The zero-order valence-corrected chi connectivity index (χ0v) is 21.1. The molecule has 0 saturated carbocycles. The van der Waals surface area contributed by atoms with E-state index in [9.17, 15) is 9.59 Å². The monoisotopic (exact) mass is 494 g/mol. The van der Waals surface area contributed by atoms with Gasteiger partial charge in [-0.1, -0.05) is 37.3 Å². The summed E-state index contributed by atoms with van der Waals surface area (Å²) in [5.74, 6) is 0.563. The standard InChI is InChI=1S/C26H34N6O2S/c1-2-30-13-15-31(16-14-30)12-10-27-24(33)20-9-6-11-32(17-20)26-28-22-21(19-7-4-3-5-8-19)18-35-23(22)25(34)29-26/h3-5,7-8,18,20H,2,6,9-17H2,1H3,(H,27,33)(H,28,29,34)/t20-/m1/s1. The van der Waals surface area contributed by atoms with E-state index in [1.807, 2.05) is 35.7 Å². The van der Waals surface area contributed by atoms with Crippen LogP contribution in [0.1, 0.15) is 19.8 Å². The van der Waals surface area contributed by atoms with Gasteiger partial charge in [0.15, 0.2) is 0 Å². The van der Waals surface area contributed by atoms with Gasteiger partial charge in [0.05, 0.1) is 11.4 Å². The van der Waals surface area contributed by atoms with Crippen molar-refractivity contribution in [3.05, 3.63) is 46.1 Å². The number of aromatic amines is 1. The Morgan fingerprint density at radius 2 is 1.91 bits per heavy atom. The van der Waals surface area contributed by atoms with E-state index >= 15 is 0 Å². The summed E-state index contributed by atoms with van der Waals surface area (Å²) in [7, 11) is 0. The van der Waals surface area contributed by atoms with Crippen LogP contribution < -0.4 is 15.8 Å². The third-order valence-corrected chi connectivity index (χ3v) is 8.20. The number of amides is 1. The van der Waals surface area contributed by atoms with E-state index in [2.05, 4.69) is 31.9 Å². The first kappa shape index (κ1) is 24.0. The third kappa shape index (κ3) is 5.42.